The Morgan fingerprint density at radius 1 is 1.50 bits per heavy atom. The molecule has 1 fully saturated rings. The van der Waals surface area contributed by atoms with E-state index in [0.717, 1.165) is 11.3 Å². The Kier molecular flexibility index (Phi) is 3.59. The van der Waals surface area contributed by atoms with Gasteiger partial charge in [-0.2, -0.15) is 10.4 Å². The van der Waals surface area contributed by atoms with Crippen LogP contribution in [0.4, 0.5) is 5.82 Å². The standard InChI is InChI=1S/C13H16N4O3/c1-8-9(2)15-16-12(10(8)4-14)17-6-13(3,7-17)20-5-11(18)19/h5-7H2,1-3H3,(H,18,19). The molecule has 20 heavy (non-hydrogen) atoms. The number of anilines is 1. The van der Waals surface area contributed by atoms with E-state index < -0.39 is 11.6 Å². The lowest BCUT2D eigenvalue weighted by Gasteiger charge is -2.47. The zero-order valence-electron chi connectivity index (χ0n) is 11.7. The van der Waals surface area contributed by atoms with Gasteiger partial charge in [0.1, 0.15) is 23.8 Å². The number of nitriles is 1. The van der Waals surface area contributed by atoms with Crippen molar-refractivity contribution in [1.29, 1.82) is 5.26 Å². The molecule has 0 amide bonds. The fourth-order valence-corrected chi connectivity index (χ4v) is 2.19. The van der Waals surface area contributed by atoms with Crippen LogP contribution in [0, 0.1) is 25.2 Å². The van der Waals surface area contributed by atoms with Gasteiger partial charge in [0.2, 0.25) is 0 Å². The topological polar surface area (TPSA) is 99.3 Å². The average Bonchev–Trinajstić information content (AvgIpc) is 2.36. The van der Waals surface area contributed by atoms with Gasteiger partial charge in [-0.25, -0.2) is 4.79 Å². The highest BCUT2D eigenvalue weighted by Crippen LogP contribution is 2.31. The maximum absolute atomic E-state index is 10.5. The summed E-state index contributed by atoms with van der Waals surface area (Å²) in [5.41, 5.74) is 1.54. The molecular weight excluding hydrogens is 260 g/mol. The van der Waals surface area contributed by atoms with Crippen LogP contribution in [0.25, 0.3) is 0 Å². The highest BCUT2D eigenvalue weighted by atomic mass is 16.5. The molecule has 0 aliphatic carbocycles. The van der Waals surface area contributed by atoms with Crippen molar-refractivity contribution in [3.8, 4) is 6.07 Å². The van der Waals surface area contributed by atoms with Gasteiger partial charge >= 0.3 is 5.97 Å². The largest absolute Gasteiger partial charge is 0.480 e. The molecular formula is C13H16N4O3. The fraction of sp³-hybridized carbons (Fsp3) is 0.538. The van der Waals surface area contributed by atoms with Crippen LogP contribution in [0.2, 0.25) is 0 Å². The number of rotatable bonds is 4. The summed E-state index contributed by atoms with van der Waals surface area (Å²) in [4.78, 5) is 12.4. The second kappa shape index (κ2) is 5.06. The number of ether oxygens (including phenoxy) is 1. The molecule has 1 N–H and O–H groups in total. The van der Waals surface area contributed by atoms with E-state index in [4.69, 9.17) is 9.84 Å². The number of aryl methyl sites for hydroxylation is 1. The number of hydrogen-bond acceptors (Lipinski definition) is 6. The van der Waals surface area contributed by atoms with Crippen LogP contribution < -0.4 is 4.90 Å². The molecule has 0 radical (unpaired) electrons. The van der Waals surface area contributed by atoms with E-state index in [1.54, 1.807) is 0 Å². The van der Waals surface area contributed by atoms with Gasteiger partial charge in [0.15, 0.2) is 5.82 Å². The van der Waals surface area contributed by atoms with Crippen LogP contribution in [0.1, 0.15) is 23.7 Å². The second-order valence-corrected chi connectivity index (χ2v) is 5.21. The van der Waals surface area contributed by atoms with Gasteiger partial charge in [0, 0.05) is 0 Å². The molecule has 0 unspecified atom stereocenters. The van der Waals surface area contributed by atoms with Crippen LogP contribution >= 0.6 is 0 Å². The summed E-state index contributed by atoms with van der Waals surface area (Å²) in [5.74, 6) is -0.458. The Hall–Kier alpha value is -2.20. The van der Waals surface area contributed by atoms with Crippen LogP contribution in [0.15, 0.2) is 0 Å². The van der Waals surface area contributed by atoms with E-state index in [0.29, 0.717) is 24.5 Å². The molecule has 106 valence electrons. The Labute approximate surface area is 116 Å². The Morgan fingerprint density at radius 2 is 2.15 bits per heavy atom. The van der Waals surface area contributed by atoms with E-state index in [1.807, 2.05) is 25.7 Å². The minimum atomic E-state index is -0.992. The third-order valence-corrected chi connectivity index (χ3v) is 3.44. The first-order chi connectivity index (χ1) is 9.36. The minimum Gasteiger partial charge on any atom is -0.480 e. The van der Waals surface area contributed by atoms with E-state index in [2.05, 4.69) is 16.3 Å². The second-order valence-electron chi connectivity index (χ2n) is 5.21. The molecule has 0 aromatic carbocycles. The maximum Gasteiger partial charge on any atom is 0.329 e. The Balaban J connectivity index is 2.12. The van der Waals surface area contributed by atoms with Gasteiger partial charge in [-0.1, -0.05) is 0 Å². The molecule has 1 aliphatic rings. The van der Waals surface area contributed by atoms with Crippen molar-refractivity contribution in [2.24, 2.45) is 0 Å². The van der Waals surface area contributed by atoms with Gasteiger partial charge in [-0.3, -0.25) is 0 Å². The molecule has 7 heteroatoms. The normalized spacial score (nSPS) is 16.4. The van der Waals surface area contributed by atoms with Gasteiger partial charge in [0.05, 0.1) is 18.8 Å². The number of carboxylic acid groups (broad SMARTS) is 1. The average molecular weight is 276 g/mol. The van der Waals surface area contributed by atoms with Crippen molar-refractivity contribution >= 4 is 11.8 Å². The zero-order valence-corrected chi connectivity index (χ0v) is 11.7. The van der Waals surface area contributed by atoms with E-state index >= 15 is 0 Å². The van der Waals surface area contributed by atoms with Gasteiger partial charge in [-0.05, 0) is 26.3 Å². The summed E-state index contributed by atoms with van der Waals surface area (Å²) in [5, 5.41) is 26.0. The summed E-state index contributed by atoms with van der Waals surface area (Å²) < 4.78 is 5.33. The summed E-state index contributed by atoms with van der Waals surface area (Å²) in [7, 11) is 0. The number of aromatic nitrogens is 2. The molecule has 2 rings (SSSR count). The third kappa shape index (κ3) is 2.56. The summed E-state index contributed by atoms with van der Waals surface area (Å²) in [6.07, 6.45) is 0. The SMILES string of the molecule is Cc1nnc(N2CC(C)(OCC(=O)O)C2)c(C#N)c1C. The lowest BCUT2D eigenvalue weighted by atomic mass is 9.95. The quantitative estimate of drug-likeness (QED) is 0.861. The van der Waals surface area contributed by atoms with Crippen molar-refractivity contribution < 1.29 is 14.6 Å². The first kappa shape index (κ1) is 14.2. The fourth-order valence-electron chi connectivity index (χ4n) is 2.19. The highest BCUT2D eigenvalue weighted by Gasteiger charge is 2.42. The molecule has 7 nitrogen and oxygen atoms in total. The van der Waals surface area contributed by atoms with Crippen molar-refractivity contribution in [1.82, 2.24) is 10.2 Å². The van der Waals surface area contributed by atoms with Crippen molar-refractivity contribution in [3.63, 3.8) is 0 Å². The molecule has 0 atom stereocenters. The number of hydrogen-bond donors (Lipinski definition) is 1. The summed E-state index contributed by atoms with van der Waals surface area (Å²) in [6, 6.07) is 2.15. The van der Waals surface area contributed by atoms with E-state index in [1.165, 1.54) is 0 Å². The number of nitrogens with zero attached hydrogens (tertiary/aromatic N) is 4. The monoisotopic (exact) mass is 276 g/mol. The van der Waals surface area contributed by atoms with Crippen LogP contribution in [-0.2, 0) is 9.53 Å². The number of aliphatic carboxylic acids is 1. The van der Waals surface area contributed by atoms with Gasteiger partial charge in [-0.15, -0.1) is 5.10 Å². The minimum absolute atomic E-state index is 0.325. The van der Waals surface area contributed by atoms with Crippen LogP contribution in [0.3, 0.4) is 0 Å². The Morgan fingerprint density at radius 3 is 2.70 bits per heavy atom. The van der Waals surface area contributed by atoms with Gasteiger partial charge < -0.3 is 14.7 Å². The van der Waals surface area contributed by atoms with E-state index in [-0.39, 0.29) is 6.61 Å². The molecule has 0 bridgehead atoms. The molecule has 1 aromatic heterocycles. The summed E-state index contributed by atoms with van der Waals surface area (Å²) >= 11 is 0. The molecule has 1 aliphatic heterocycles. The number of carboxylic acids is 1. The van der Waals surface area contributed by atoms with Gasteiger partial charge in [0.25, 0.3) is 0 Å². The number of carbonyl (C=O) groups is 1. The molecule has 0 spiro atoms. The smallest absolute Gasteiger partial charge is 0.329 e. The van der Waals surface area contributed by atoms with Crippen molar-refractivity contribution in [3.05, 3.63) is 16.8 Å². The van der Waals surface area contributed by atoms with Crippen LogP contribution in [0.5, 0.6) is 0 Å². The maximum atomic E-state index is 10.5. The predicted molar refractivity (Wildman–Crippen MR) is 70.4 cm³/mol. The molecule has 2 heterocycles. The predicted octanol–water partition coefficient (Wildman–Crippen LogP) is 0.645. The lowest BCUT2D eigenvalue weighted by molar-refractivity contribution is -0.150. The molecule has 0 saturated carbocycles. The van der Waals surface area contributed by atoms with Crippen LogP contribution in [-0.4, -0.2) is 46.6 Å². The lowest BCUT2D eigenvalue weighted by Crippen LogP contribution is -2.62. The van der Waals surface area contributed by atoms with Crippen molar-refractivity contribution in [2.45, 2.75) is 26.4 Å². The third-order valence-electron chi connectivity index (χ3n) is 3.44. The Bertz CT molecular complexity index is 588. The van der Waals surface area contributed by atoms with E-state index in [9.17, 15) is 10.1 Å². The first-order valence-electron chi connectivity index (χ1n) is 6.21. The highest BCUT2D eigenvalue weighted by molar-refractivity contribution is 5.68. The molecule has 1 aromatic rings. The van der Waals surface area contributed by atoms with Crippen molar-refractivity contribution in [2.75, 3.05) is 24.6 Å². The first-order valence-corrected chi connectivity index (χ1v) is 6.21. The molecule has 1 saturated heterocycles. The zero-order chi connectivity index (χ0) is 14.9. The summed E-state index contributed by atoms with van der Waals surface area (Å²) in [6.45, 7) is 6.15.